The third-order valence-electron chi connectivity index (χ3n) is 2.18. The number of hydrazine groups is 1. The number of anilines is 2. The topological polar surface area (TPSA) is 93.2 Å². The zero-order valence-corrected chi connectivity index (χ0v) is 9.23. The molecule has 17 heavy (non-hydrogen) atoms. The van der Waals surface area contributed by atoms with E-state index in [0.717, 1.165) is 5.69 Å². The standard InChI is InChI=1S/C11H12N4O2/c1-7-6-10(17-15-7)13-11(16)8-2-4-9(14-12)5-3-8/h2-6,14H,12H2,1H3,(H,13,16). The van der Waals surface area contributed by atoms with E-state index in [1.54, 1.807) is 37.3 Å². The van der Waals surface area contributed by atoms with Crippen molar-refractivity contribution >= 4 is 17.5 Å². The molecule has 1 heterocycles. The van der Waals surface area contributed by atoms with Gasteiger partial charge in [0.15, 0.2) is 0 Å². The van der Waals surface area contributed by atoms with Crippen molar-refractivity contribution in [3.8, 4) is 0 Å². The number of hydrogen-bond donors (Lipinski definition) is 3. The van der Waals surface area contributed by atoms with Crippen LogP contribution in [0.2, 0.25) is 0 Å². The monoisotopic (exact) mass is 232 g/mol. The Hall–Kier alpha value is -2.34. The molecule has 0 saturated heterocycles. The molecule has 6 heteroatoms. The van der Waals surface area contributed by atoms with Gasteiger partial charge < -0.3 is 9.95 Å². The summed E-state index contributed by atoms with van der Waals surface area (Å²) in [5.41, 5.74) is 4.44. The molecule has 1 aromatic carbocycles. The SMILES string of the molecule is Cc1cc(NC(=O)c2ccc(NN)cc2)on1. The highest BCUT2D eigenvalue weighted by Crippen LogP contribution is 2.12. The number of nitrogens with two attached hydrogens (primary N) is 1. The average Bonchev–Trinajstić information content (AvgIpc) is 2.75. The Morgan fingerprint density at radius 1 is 1.35 bits per heavy atom. The maximum Gasteiger partial charge on any atom is 0.258 e. The molecular weight excluding hydrogens is 220 g/mol. The minimum absolute atomic E-state index is 0.260. The molecule has 0 radical (unpaired) electrons. The Bertz CT molecular complexity index is 519. The van der Waals surface area contributed by atoms with Crippen molar-refractivity contribution < 1.29 is 9.32 Å². The quantitative estimate of drug-likeness (QED) is 0.551. The van der Waals surface area contributed by atoms with Crippen LogP contribution < -0.4 is 16.6 Å². The van der Waals surface area contributed by atoms with E-state index in [4.69, 9.17) is 10.4 Å². The van der Waals surface area contributed by atoms with E-state index in [2.05, 4.69) is 15.9 Å². The van der Waals surface area contributed by atoms with Gasteiger partial charge in [-0.2, -0.15) is 0 Å². The number of hydrogen-bond acceptors (Lipinski definition) is 5. The lowest BCUT2D eigenvalue weighted by Crippen LogP contribution is -2.12. The van der Waals surface area contributed by atoms with E-state index in [0.29, 0.717) is 17.1 Å². The molecule has 2 rings (SSSR count). The molecule has 1 amide bonds. The van der Waals surface area contributed by atoms with Gasteiger partial charge in [-0.15, -0.1) is 0 Å². The lowest BCUT2D eigenvalue weighted by atomic mass is 10.2. The van der Waals surface area contributed by atoms with Crippen LogP contribution in [0.5, 0.6) is 0 Å². The molecule has 2 aromatic rings. The van der Waals surface area contributed by atoms with E-state index in [1.165, 1.54) is 0 Å². The molecule has 0 unspecified atom stereocenters. The van der Waals surface area contributed by atoms with Crippen molar-refractivity contribution in [3.63, 3.8) is 0 Å². The summed E-state index contributed by atoms with van der Waals surface area (Å²) in [6.45, 7) is 1.78. The average molecular weight is 232 g/mol. The second-order valence-electron chi connectivity index (χ2n) is 3.51. The Morgan fingerprint density at radius 3 is 2.59 bits per heavy atom. The van der Waals surface area contributed by atoms with Gasteiger partial charge in [0.25, 0.3) is 5.91 Å². The first-order valence-corrected chi connectivity index (χ1v) is 5.00. The second kappa shape index (κ2) is 4.67. The smallest absolute Gasteiger partial charge is 0.258 e. The number of nitrogens with zero attached hydrogens (tertiary/aromatic N) is 1. The first-order valence-electron chi connectivity index (χ1n) is 5.00. The Morgan fingerprint density at radius 2 is 2.06 bits per heavy atom. The maximum atomic E-state index is 11.8. The number of benzene rings is 1. The van der Waals surface area contributed by atoms with Crippen LogP contribution in [0.1, 0.15) is 16.1 Å². The minimum Gasteiger partial charge on any atom is -0.338 e. The predicted octanol–water partition coefficient (Wildman–Crippen LogP) is 1.52. The molecule has 0 spiro atoms. The van der Waals surface area contributed by atoms with E-state index in [9.17, 15) is 4.79 Å². The number of rotatable bonds is 3. The number of nitrogen functional groups attached to an aromatic ring is 1. The molecule has 0 aliphatic carbocycles. The van der Waals surface area contributed by atoms with Gasteiger partial charge in [-0.25, -0.2) is 0 Å². The van der Waals surface area contributed by atoms with Crippen LogP contribution >= 0.6 is 0 Å². The third kappa shape index (κ3) is 2.61. The van der Waals surface area contributed by atoms with Crippen LogP contribution in [0.25, 0.3) is 0 Å². The highest BCUT2D eigenvalue weighted by molar-refractivity contribution is 6.03. The molecular formula is C11H12N4O2. The summed E-state index contributed by atoms with van der Waals surface area (Å²) in [6.07, 6.45) is 0. The fourth-order valence-corrected chi connectivity index (χ4v) is 1.32. The lowest BCUT2D eigenvalue weighted by Gasteiger charge is -2.02. The molecule has 0 saturated carbocycles. The van der Waals surface area contributed by atoms with Crippen molar-refractivity contribution in [1.82, 2.24) is 5.16 Å². The molecule has 0 aliphatic heterocycles. The number of amides is 1. The highest BCUT2D eigenvalue weighted by atomic mass is 16.5. The molecule has 0 aliphatic rings. The molecule has 88 valence electrons. The zero-order valence-electron chi connectivity index (χ0n) is 9.23. The summed E-state index contributed by atoms with van der Waals surface area (Å²) in [5, 5.41) is 6.27. The zero-order chi connectivity index (χ0) is 12.3. The van der Waals surface area contributed by atoms with Crippen LogP contribution in [-0.2, 0) is 0 Å². The summed E-state index contributed by atoms with van der Waals surface area (Å²) in [4.78, 5) is 11.8. The predicted molar refractivity (Wildman–Crippen MR) is 63.4 cm³/mol. The normalized spacial score (nSPS) is 10.0. The van der Waals surface area contributed by atoms with E-state index in [1.807, 2.05) is 0 Å². The first-order chi connectivity index (χ1) is 8.19. The second-order valence-corrected chi connectivity index (χ2v) is 3.51. The van der Waals surface area contributed by atoms with Gasteiger partial charge in [-0.1, -0.05) is 5.16 Å². The van der Waals surface area contributed by atoms with Crippen LogP contribution in [0.3, 0.4) is 0 Å². The fourth-order valence-electron chi connectivity index (χ4n) is 1.32. The van der Waals surface area contributed by atoms with Crippen LogP contribution in [0.15, 0.2) is 34.9 Å². The Kier molecular flexibility index (Phi) is 3.06. The fraction of sp³-hybridized carbons (Fsp3) is 0.0909. The number of aryl methyl sites for hydroxylation is 1. The minimum atomic E-state index is -0.260. The van der Waals surface area contributed by atoms with E-state index >= 15 is 0 Å². The van der Waals surface area contributed by atoms with Gasteiger partial charge in [-0.05, 0) is 31.2 Å². The van der Waals surface area contributed by atoms with Crippen molar-refractivity contribution in [2.45, 2.75) is 6.92 Å². The molecule has 1 aromatic heterocycles. The Labute approximate surface area is 97.8 Å². The number of carbonyl (C=O) groups excluding carboxylic acids is 1. The lowest BCUT2D eigenvalue weighted by molar-refractivity contribution is 0.102. The Balaban J connectivity index is 2.09. The van der Waals surface area contributed by atoms with Crippen molar-refractivity contribution in [3.05, 3.63) is 41.6 Å². The van der Waals surface area contributed by atoms with Crippen molar-refractivity contribution in [2.75, 3.05) is 10.7 Å². The number of nitrogens with one attached hydrogen (secondary N) is 2. The summed E-state index contributed by atoms with van der Waals surface area (Å²) in [7, 11) is 0. The third-order valence-corrected chi connectivity index (χ3v) is 2.18. The number of aromatic nitrogens is 1. The van der Waals surface area contributed by atoms with Gasteiger partial charge in [0.05, 0.1) is 5.69 Å². The van der Waals surface area contributed by atoms with Crippen molar-refractivity contribution in [1.29, 1.82) is 0 Å². The van der Waals surface area contributed by atoms with Crippen LogP contribution in [0, 0.1) is 6.92 Å². The number of carbonyl (C=O) groups is 1. The molecule has 0 bridgehead atoms. The van der Waals surface area contributed by atoms with Gasteiger partial charge in [0.1, 0.15) is 0 Å². The van der Waals surface area contributed by atoms with Gasteiger partial charge >= 0.3 is 0 Å². The largest absolute Gasteiger partial charge is 0.338 e. The molecule has 4 N–H and O–H groups in total. The summed E-state index contributed by atoms with van der Waals surface area (Å²) in [6, 6.07) is 8.39. The summed E-state index contributed by atoms with van der Waals surface area (Å²) in [5.74, 6) is 5.30. The van der Waals surface area contributed by atoms with E-state index < -0.39 is 0 Å². The van der Waals surface area contributed by atoms with Gasteiger partial charge in [0, 0.05) is 17.3 Å². The molecule has 6 nitrogen and oxygen atoms in total. The van der Waals surface area contributed by atoms with E-state index in [-0.39, 0.29) is 5.91 Å². The van der Waals surface area contributed by atoms with Gasteiger partial charge in [-0.3, -0.25) is 16.0 Å². The highest BCUT2D eigenvalue weighted by Gasteiger charge is 2.08. The van der Waals surface area contributed by atoms with Gasteiger partial charge in [0.2, 0.25) is 5.88 Å². The van der Waals surface area contributed by atoms with Crippen molar-refractivity contribution in [2.24, 2.45) is 5.84 Å². The summed E-state index contributed by atoms with van der Waals surface area (Å²) >= 11 is 0. The molecule has 0 atom stereocenters. The summed E-state index contributed by atoms with van der Waals surface area (Å²) < 4.78 is 4.89. The first kappa shape index (κ1) is 11.2. The van der Waals surface area contributed by atoms with Crippen LogP contribution in [-0.4, -0.2) is 11.1 Å². The molecule has 0 fully saturated rings. The maximum absolute atomic E-state index is 11.8. The van der Waals surface area contributed by atoms with Crippen LogP contribution in [0.4, 0.5) is 11.6 Å².